The van der Waals surface area contributed by atoms with Crippen molar-refractivity contribution in [3.8, 4) is 28.6 Å². The molecule has 3 aliphatic heterocycles. The third kappa shape index (κ3) is 8.69. The first-order valence-electron chi connectivity index (χ1n) is 23.0. The molecular formula is C48H57FN12O3. The van der Waals surface area contributed by atoms with Crippen LogP contribution in [0.15, 0.2) is 61.3 Å². The maximum Gasteiger partial charge on any atom is 0.249 e. The molecule has 3 saturated heterocycles. The van der Waals surface area contributed by atoms with Crippen LogP contribution >= 0.6 is 0 Å². The number of nitriles is 1. The standard InChI is InChI=1S/C48H57FN12O3/c1-4-48(47(64)54-30(2)3)17-21-59(22-18-48)42-13-5-32(25-51-42)44-45-33(24-50)26-53-61(45)29-41(56-44)34-27-52-60(28-34)37-9-7-36(8-10-37)58-19-15-31(16-20-58)38-11-6-35(23-39(38)49)55-40-12-14-43(62)57-46(40)63/h5-6,11,13,23,25-31,36-37,40,55H,4,7-10,12,14-22H2,1-3H3,(H,54,64)(H,57,62,63)/t36-,37-,40?. The van der Waals surface area contributed by atoms with Crippen LogP contribution in [0.3, 0.4) is 0 Å². The summed E-state index contributed by atoms with van der Waals surface area (Å²) >= 11 is 0. The van der Waals surface area contributed by atoms with Crippen LogP contribution in [-0.2, 0) is 14.4 Å². The summed E-state index contributed by atoms with van der Waals surface area (Å²) in [7, 11) is 0. The molecule has 334 valence electrons. The van der Waals surface area contributed by atoms with Gasteiger partial charge < -0.3 is 20.4 Å². The highest BCUT2D eigenvalue weighted by atomic mass is 19.1. The lowest BCUT2D eigenvalue weighted by Crippen LogP contribution is -2.50. The van der Waals surface area contributed by atoms with Gasteiger partial charge in [-0.3, -0.25) is 24.4 Å². The van der Waals surface area contributed by atoms with Gasteiger partial charge in [0.2, 0.25) is 17.7 Å². The van der Waals surface area contributed by atoms with Gasteiger partial charge in [-0.2, -0.15) is 15.5 Å². The molecule has 9 rings (SSSR count). The van der Waals surface area contributed by atoms with Gasteiger partial charge in [0.15, 0.2) is 0 Å². The molecule has 4 aliphatic rings. The summed E-state index contributed by atoms with van der Waals surface area (Å²) < 4.78 is 19.2. The summed E-state index contributed by atoms with van der Waals surface area (Å²) in [4.78, 5) is 51.6. The minimum absolute atomic E-state index is 0.108. The molecule has 64 heavy (non-hydrogen) atoms. The largest absolute Gasteiger partial charge is 0.374 e. The number of carbonyl (C=O) groups excluding carboxylic acids is 3. The molecule has 7 heterocycles. The number of fused-ring (bicyclic) bond motifs is 1. The van der Waals surface area contributed by atoms with Crippen molar-refractivity contribution in [2.24, 2.45) is 5.41 Å². The highest BCUT2D eigenvalue weighted by Crippen LogP contribution is 2.39. The summed E-state index contributed by atoms with van der Waals surface area (Å²) in [5.41, 5.74) is 4.94. The molecule has 15 nitrogen and oxygen atoms in total. The molecule has 0 bridgehead atoms. The zero-order chi connectivity index (χ0) is 44.5. The molecule has 5 aromatic rings. The van der Waals surface area contributed by atoms with Crippen molar-refractivity contribution >= 4 is 34.7 Å². The maximum atomic E-state index is 15.4. The Morgan fingerprint density at radius 3 is 2.38 bits per heavy atom. The molecule has 1 atom stereocenters. The number of imide groups is 1. The lowest BCUT2D eigenvalue weighted by molar-refractivity contribution is -0.134. The Morgan fingerprint density at radius 2 is 1.70 bits per heavy atom. The molecule has 1 saturated carbocycles. The van der Waals surface area contributed by atoms with E-state index < -0.39 is 6.04 Å². The number of nitrogens with zero attached hydrogens (tertiary/aromatic N) is 9. The van der Waals surface area contributed by atoms with Crippen molar-refractivity contribution in [2.45, 2.75) is 121 Å². The SMILES string of the molecule is CCC1(C(=O)NC(C)C)CCN(c2ccc(-c3nc(-c4cnn([C@H]5CC[C@H](N6CCC(c7ccc(NC8CCC(=O)NC8=O)cc7F)CC6)CC5)c4)cn4ncc(C#N)c34)cn2)CC1. The average Bonchev–Trinajstić information content (AvgIpc) is 3.98. The van der Waals surface area contributed by atoms with Gasteiger partial charge in [0.25, 0.3) is 0 Å². The van der Waals surface area contributed by atoms with Crippen LogP contribution in [0, 0.1) is 22.6 Å². The Labute approximate surface area is 372 Å². The van der Waals surface area contributed by atoms with Gasteiger partial charge in [0.1, 0.15) is 34.8 Å². The maximum absolute atomic E-state index is 15.4. The topological polar surface area (TPSA) is 178 Å². The first kappa shape index (κ1) is 43.1. The highest BCUT2D eigenvalue weighted by Gasteiger charge is 2.40. The number of carbonyl (C=O) groups is 3. The number of anilines is 2. The monoisotopic (exact) mass is 868 g/mol. The molecule has 1 unspecified atom stereocenters. The van der Waals surface area contributed by atoms with Crippen LogP contribution in [0.4, 0.5) is 15.9 Å². The van der Waals surface area contributed by atoms with Crippen molar-refractivity contribution in [1.29, 1.82) is 5.26 Å². The van der Waals surface area contributed by atoms with Gasteiger partial charge in [0, 0.05) is 60.8 Å². The summed E-state index contributed by atoms with van der Waals surface area (Å²) in [6.07, 6.45) is 18.1. The number of pyridine rings is 1. The number of nitrogens with one attached hydrogen (secondary N) is 3. The number of halogens is 1. The molecule has 1 aliphatic carbocycles. The lowest BCUT2D eigenvalue weighted by Gasteiger charge is -2.41. The molecule has 16 heteroatoms. The van der Waals surface area contributed by atoms with Crippen molar-refractivity contribution in [3.05, 3.63) is 78.3 Å². The van der Waals surface area contributed by atoms with E-state index >= 15 is 4.39 Å². The zero-order valence-corrected chi connectivity index (χ0v) is 36.9. The van der Waals surface area contributed by atoms with E-state index in [4.69, 9.17) is 15.1 Å². The molecule has 3 N–H and O–H groups in total. The second kappa shape index (κ2) is 18.1. The van der Waals surface area contributed by atoms with Gasteiger partial charge >= 0.3 is 0 Å². The number of piperidine rings is 3. The Balaban J connectivity index is 0.816. The second-order valence-corrected chi connectivity index (χ2v) is 18.5. The van der Waals surface area contributed by atoms with Crippen molar-refractivity contribution in [2.75, 3.05) is 36.4 Å². The van der Waals surface area contributed by atoms with E-state index in [1.54, 1.807) is 10.7 Å². The summed E-state index contributed by atoms with van der Waals surface area (Å²) in [5.74, 6) is 0.229. The van der Waals surface area contributed by atoms with Crippen molar-refractivity contribution in [3.63, 3.8) is 0 Å². The predicted molar refractivity (Wildman–Crippen MR) is 241 cm³/mol. The third-order valence-corrected chi connectivity index (χ3v) is 14.3. The van der Waals surface area contributed by atoms with E-state index in [0.29, 0.717) is 40.6 Å². The minimum Gasteiger partial charge on any atom is -0.374 e. The fourth-order valence-corrected chi connectivity index (χ4v) is 10.4. The average molecular weight is 869 g/mol. The molecule has 4 fully saturated rings. The summed E-state index contributed by atoms with van der Waals surface area (Å²) in [6.45, 7) is 9.43. The number of benzene rings is 1. The molecular weight excluding hydrogens is 812 g/mol. The lowest BCUT2D eigenvalue weighted by atomic mass is 9.75. The zero-order valence-electron chi connectivity index (χ0n) is 36.9. The number of hydrogen-bond donors (Lipinski definition) is 3. The van der Waals surface area contributed by atoms with E-state index in [0.717, 1.165) is 106 Å². The van der Waals surface area contributed by atoms with Crippen LogP contribution in [0.1, 0.15) is 114 Å². The number of likely N-dealkylation sites (tertiary alicyclic amines) is 1. The number of amides is 3. The Hall–Kier alpha value is -6.21. The second-order valence-electron chi connectivity index (χ2n) is 18.5. The van der Waals surface area contributed by atoms with E-state index in [9.17, 15) is 19.6 Å². The van der Waals surface area contributed by atoms with E-state index in [-0.39, 0.29) is 53.4 Å². The quantitative estimate of drug-likeness (QED) is 0.119. The molecule has 1 aromatic carbocycles. The number of aromatic nitrogens is 6. The van der Waals surface area contributed by atoms with Gasteiger partial charge in [-0.05, 0) is 127 Å². The third-order valence-electron chi connectivity index (χ3n) is 14.3. The first-order chi connectivity index (χ1) is 31.0. The summed E-state index contributed by atoms with van der Waals surface area (Å²) in [5, 5.41) is 27.9. The predicted octanol–water partition coefficient (Wildman–Crippen LogP) is 6.77. The Kier molecular flexibility index (Phi) is 12.2. The van der Waals surface area contributed by atoms with Crippen molar-refractivity contribution < 1.29 is 18.8 Å². The molecule has 4 aromatic heterocycles. The van der Waals surface area contributed by atoms with Crippen LogP contribution < -0.4 is 20.9 Å². The van der Waals surface area contributed by atoms with Gasteiger partial charge in [0.05, 0.1) is 41.4 Å². The highest BCUT2D eigenvalue weighted by molar-refractivity contribution is 6.01. The van der Waals surface area contributed by atoms with Crippen LogP contribution in [0.2, 0.25) is 0 Å². The molecule has 0 spiro atoms. The normalized spacial score (nSPS) is 22.1. The van der Waals surface area contributed by atoms with Crippen molar-refractivity contribution in [1.82, 2.24) is 44.9 Å². The molecule has 3 amide bonds. The summed E-state index contributed by atoms with van der Waals surface area (Å²) in [6, 6.07) is 11.7. The van der Waals surface area contributed by atoms with Crippen LogP contribution in [0.5, 0.6) is 0 Å². The van der Waals surface area contributed by atoms with Crippen LogP contribution in [0.25, 0.3) is 28.0 Å². The van der Waals surface area contributed by atoms with Gasteiger partial charge in [-0.25, -0.2) is 18.9 Å². The smallest absolute Gasteiger partial charge is 0.249 e. The van der Waals surface area contributed by atoms with E-state index in [2.05, 4.69) is 54.7 Å². The van der Waals surface area contributed by atoms with E-state index in [1.807, 2.05) is 56.7 Å². The Bertz CT molecular complexity index is 2560. The van der Waals surface area contributed by atoms with E-state index in [1.165, 1.54) is 6.07 Å². The number of rotatable bonds is 11. The minimum atomic E-state index is -0.547. The van der Waals surface area contributed by atoms with Crippen LogP contribution in [-0.4, -0.2) is 96.3 Å². The fraction of sp³-hybridized carbons (Fsp3) is 0.500. The Morgan fingerprint density at radius 1 is 0.938 bits per heavy atom. The molecule has 0 radical (unpaired) electrons. The van der Waals surface area contributed by atoms with Gasteiger partial charge in [-0.15, -0.1) is 0 Å². The number of hydrogen-bond acceptors (Lipinski definition) is 11. The fourth-order valence-electron chi connectivity index (χ4n) is 10.4. The first-order valence-corrected chi connectivity index (χ1v) is 23.0. The van der Waals surface area contributed by atoms with Gasteiger partial charge in [-0.1, -0.05) is 13.0 Å².